The van der Waals surface area contributed by atoms with Crippen LogP contribution < -0.4 is 9.64 Å². The van der Waals surface area contributed by atoms with Crippen LogP contribution in [-0.2, 0) is 17.9 Å². The molecule has 0 bridgehead atoms. The van der Waals surface area contributed by atoms with Crippen molar-refractivity contribution in [3.63, 3.8) is 0 Å². The van der Waals surface area contributed by atoms with Gasteiger partial charge < -0.3 is 14.7 Å². The van der Waals surface area contributed by atoms with Gasteiger partial charge in [-0.05, 0) is 35.7 Å². The molecular weight excluding hydrogens is 328 g/mol. The number of rotatable bonds is 4. The molecule has 0 aromatic heterocycles. The first-order valence-electron chi connectivity index (χ1n) is 9.16. The summed E-state index contributed by atoms with van der Waals surface area (Å²) in [7, 11) is 0. The van der Waals surface area contributed by atoms with Crippen molar-refractivity contribution in [2.24, 2.45) is 5.92 Å². The molecule has 5 nitrogen and oxygen atoms in total. The zero-order valence-electron chi connectivity index (χ0n) is 14.8. The van der Waals surface area contributed by atoms with Crippen LogP contribution in [0.2, 0.25) is 0 Å². The van der Waals surface area contributed by atoms with E-state index in [0.717, 1.165) is 48.7 Å². The second-order valence-electron chi connectivity index (χ2n) is 7.09. The van der Waals surface area contributed by atoms with E-state index in [0.29, 0.717) is 18.9 Å². The SMILES string of the molecule is O=C1C[C@@H](CN2CCOc3ccc(CO)cc3C2)CN1c1ccccc1. The fourth-order valence-corrected chi connectivity index (χ4v) is 3.88. The van der Waals surface area contributed by atoms with Crippen molar-refractivity contribution < 1.29 is 14.6 Å². The van der Waals surface area contributed by atoms with Crippen LogP contribution in [-0.4, -0.2) is 42.2 Å². The summed E-state index contributed by atoms with van der Waals surface area (Å²) in [6.45, 7) is 3.97. The lowest BCUT2D eigenvalue weighted by molar-refractivity contribution is -0.117. The normalized spacial score (nSPS) is 20.6. The predicted molar refractivity (Wildman–Crippen MR) is 100 cm³/mol. The highest BCUT2D eigenvalue weighted by molar-refractivity contribution is 5.95. The van der Waals surface area contributed by atoms with Crippen molar-refractivity contribution in [3.05, 3.63) is 59.7 Å². The van der Waals surface area contributed by atoms with Crippen molar-refractivity contribution in [1.29, 1.82) is 0 Å². The summed E-state index contributed by atoms with van der Waals surface area (Å²) in [6, 6.07) is 15.8. The van der Waals surface area contributed by atoms with Gasteiger partial charge in [0.2, 0.25) is 5.91 Å². The van der Waals surface area contributed by atoms with Crippen LogP contribution in [0.3, 0.4) is 0 Å². The van der Waals surface area contributed by atoms with E-state index in [1.54, 1.807) is 0 Å². The summed E-state index contributed by atoms with van der Waals surface area (Å²) in [5.74, 6) is 1.43. The molecule has 1 saturated heterocycles. The Balaban J connectivity index is 1.43. The number of hydrogen-bond acceptors (Lipinski definition) is 4. The maximum absolute atomic E-state index is 12.4. The fraction of sp³-hybridized carbons (Fsp3) is 0.381. The van der Waals surface area contributed by atoms with Gasteiger partial charge >= 0.3 is 0 Å². The van der Waals surface area contributed by atoms with Gasteiger partial charge in [0.05, 0.1) is 6.61 Å². The second-order valence-corrected chi connectivity index (χ2v) is 7.09. The Bertz CT molecular complexity index is 778. The van der Waals surface area contributed by atoms with E-state index in [1.165, 1.54) is 0 Å². The lowest BCUT2D eigenvalue weighted by atomic mass is 10.1. The Morgan fingerprint density at radius 3 is 2.81 bits per heavy atom. The molecule has 1 atom stereocenters. The van der Waals surface area contributed by atoms with Crippen molar-refractivity contribution >= 4 is 11.6 Å². The summed E-state index contributed by atoms with van der Waals surface area (Å²) in [5, 5.41) is 9.37. The third-order valence-corrected chi connectivity index (χ3v) is 5.16. The van der Waals surface area contributed by atoms with E-state index in [9.17, 15) is 9.90 Å². The van der Waals surface area contributed by atoms with Gasteiger partial charge in [-0.3, -0.25) is 9.69 Å². The van der Waals surface area contributed by atoms with Gasteiger partial charge in [0, 0.05) is 43.9 Å². The Hall–Kier alpha value is -2.37. The molecule has 1 N–H and O–H groups in total. The molecule has 0 saturated carbocycles. The van der Waals surface area contributed by atoms with E-state index >= 15 is 0 Å². The van der Waals surface area contributed by atoms with Crippen molar-refractivity contribution in [2.45, 2.75) is 19.6 Å². The molecular formula is C21H24N2O3. The first-order valence-corrected chi connectivity index (χ1v) is 9.16. The molecule has 136 valence electrons. The summed E-state index contributed by atoms with van der Waals surface area (Å²) < 4.78 is 5.85. The predicted octanol–water partition coefficient (Wildman–Crippen LogP) is 2.43. The van der Waals surface area contributed by atoms with Gasteiger partial charge in [0.25, 0.3) is 0 Å². The molecule has 26 heavy (non-hydrogen) atoms. The maximum atomic E-state index is 12.4. The Morgan fingerprint density at radius 1 is 1.15 bits per heavy atom. The van der Waals surface area contributed by atoms with Gasteiger partial charge in [0.15, 0.2) is 0 Å². The molecule has 5 heteroatoms. The number of nitrogens with zero attached hydrogens (tertiary/aromatic N) is 2. The zero-order valence-corrected chi connectivity index (χ0v) is 14.8. The van der Waals surface area contributed by atoms with Gasteiger partial charge in [-0.25, -0.2) is 0 Å². The Morgan fingerprint density at radius 2 is 2.00 bits per heavy atom. The van der Waals surface area contributed by atoms with Gasteiger partial charge in [-0.2, -0.15) is 0 Å². The smallest absolute Gasteiger partial charge is 0.227 e. The molecule has 4 rings (SSSR count). The molecule has 2 heterocycles. The van der Waals surface area contributed by atoms with Crippen LogP contribution in [0.25, 0.3) is 0 Å². The molecule has 1 amide bonds. The number of carbonyl (C=O) groups excluding carboxylic acids is 1. The van der Waals surface area contributed by atoms with Gasteiger partial charge in [0.1, 0.15) is 12.4 Å². The minimum absolute atomic E-state index is 0.0381. The molecule has 1 fully saturated rings. The monoisotopic (exact) mass is 352 g/mol. The first kappa shape index (κ1) is 17.1. The van der Waals surface area contributed by atoms with Crippen molar-refractivity contribution in [1.82, 2.24) is 4.90 Å². The van der Waals surface area contributed by atoms with Crippen LogP contribution in [0.4, 0.5) is 5.69 Å². The Kier molecular flexibility index (Phi) is 4.91. The minimum atomic E-state index is 0.0381. The average Bonchev–Trinajstić information content (AvgIpc) is 2.91. The minimum Gasteiger partial charge on any atom is -0.492 e. The standard InChI is InChI=1S/C21H24N2O3/c24-15-16-6-7-20-18(10-16)14-22(8-9-26-20)12-17-11-21(25)23(13-17)19-4-2-1-3-5-19/h1-7,10,17,24H,8-9,11-15H2/t17-/m0/s1. The number of carbonyl (C=O) groups is 1. The number of amides is 1. The maximum Gasteiger partial charge on any atom is 0.227 e. The number of ether oxygens (including phenoxy) is 1. The number of benzene rings is 2. The average molecular weight is 352 g/mol. The highest BCUT2D eigenvalue weighted by atomic mass is 16.5. The van der Waals surface area contributed by atoms with Crippen LogP contribution in [0, 0.1) is 5.92 Å². The highest BCUT2D eigenvalue weighted by Gasteiger charge is 2.32. The number of aliphatic hydroxyl groups is 1. The Labute approximate surface area is 153 Å². The van der Waals surface area contributed by atoms with E-state index < -0.39 is 0 Å². The van der Waals surface area contributed by atoms with Crippen molar-refractivity contribution in [2.75, 3.05) is 31.1 Å². The summed E-state index contributed by atoms with van der Waals surface area (Å²) in [5.41, 5.74) is 3.00. The molecule has 0 spiro atoms. The molecule has 0 aliphatic carbocycles. The summed E-state index contributed by atoms with van der Waals surface area (Å²) in [4.78, 5) is 16.7. The molecule has 2 aliphatic heterocycles. The molecule has 2 aromatic carbocycles. The van der Waals surface area contributed by atoms with Crippen molar-refractivity contribution in [3.8, 4) is 5.75 Å². The molecule has 2 aliphatic rings. The van der Waals surface area contributed by atoms with Crippen LogP contribution >= 0.6 is 0 Å². The number of fused-ring (bicyclic) bond motifs is 1. The first-order chi connectivity index (χ1) is 12.7. The third-order valence-electron chi connectivity index (χ3n) is 5.16. The number of aliphatic hydroxyl groups excluding tert-OH is 1. The van der Waals surface area contributed by atoms with Gasteiger partial charge in [-0.1, -0.05) is 24.3 Å². The van der Waals surface area contributed by atoms with Gasteiger partial charge in [-0.15, -0.1) is 0 Å². The number of anilines is 1. The van der Waals surface area contributed by atoms with E-state index in [4.69, 9.17) is 4.74 Å². The quantitative estimate of drug-likeness (QED) is 0.918. The van der Waals surface area contributed by atoms with Crippen LogP contribution in [0.15, 0.2) is 48.5 Å². The summed E-state index contributed by atoms with van der Waals surface area (Å²) in [6.07, 6.45) is 0.593. The fourth-order valence-electron chi connectivity index (χ4n) is 3.88. The lowest BCUT2D eigenvalue weighted by Gasteiger charge is -2.23. The second kappa shape index (κ2) is 7.48. The third kappa shape index (κ3) is 3.59. The summed E-state index contributed by atoms with van der Waals surface area (Å²) >= 11 is 0. The molecule has 0 unspecified atom stereocenters. The van der Waals surface area contributed by atoms with Crippen LogP contribution in [0.1, 0.15) is 17.5 Å². The highest BCUT2D eigenvalue weighted by Crippen LogP contribution is 2.28. The van der Waals surface area contributed by atoms with E-state index in [1.807, 2.05) is 53.4 Å². The zero-order chi connectivity index (χ0) is 17.9. The van der Waals surface area contributed by atoms with E-state index in [-0.39, 0.29) is 12.5 Å². The van der Waals surface area contributed by atoms with Crippen LogP contribution in [0.5, 0.6) is 5.75 Å². The molecule has 2 aromatic rings. The lowest BCUT2D eigenvalue weighted by Crippen LogP contribution is -2.32. The number of para-hydroxylation sites is 1. The molecule has 0 radical (unpaired) electrons. The topological polar surface area (TPSA) is 53.0 Å². The number of hydrogen-bond donors (Lipinski definition) is 1. The van der Waals surface area contributed by atoms with E-state index in [2.05, 4.69) is 4.90 Å². The largest absolute Gasteiger partial charge is 0.492 e.